The molecule has 38 heavy (non-hydrogen) atoms. The van der Waals surface area contributed by atoms with Gasteiger partial charge in [-0.05, 0) is 69.0 Å². The molecule has 7 heteroatoms. The van der Waals surface area contributed by atoms with Gasteiger partial charge in [0.05, 0.1) is 0 Å². The fraction of sp³-hybridized carbons (Fsp3) is 0.419. The molecule has 2 aliphatic rings. The molecule has 3 heterocycles. The van der Waals surface area contributed by atoms with E-state index in [2.05, 4.69) is 46.4 Å². The highest BCUT2D eigenvalue weighted by molar-refractivity contribution is 5.95. The third-order valence-corrected chi connectivity index (χ3v) is 7.61. The van der Waals surface area contributed by atoms with Crippen LogP contribution < -0.4 is 15.5 Å². The van der Waals surface area contributed by atoms with Gasteiger partial charge in [-0.3, -0.25) is 9.69 Å². The molecule has 6 nitrogen and oxygen atoms in total. The van der Waals surface area contributed by atoms with Crippen LogP contribution in [0.4, 0.5) is 10.2 Å². The van der Waals surface area contributed by atoms with Crippen LogP contribution in [-0.2, 0) is 6.54 Å². The number of anilines is 1. The minimum atomic E-state index is -0.321. The van der Waals surface area contributed by atoms with Crippen LogP contribution in [-0.4, -0.2) is 60.1 Å². The van der Waals surface area contributed by atoms with Crippen molar-refractivity contribution in [3.8, 4) is 11.1 Å². The average molecular weight is 516 g/mol. The first-order valence-electron chi connectivity index (χ1n) is 13.7. The second-order valence-electron chi connectivity index (χ2n) is 11.0. The molecule has 2 saturated heterocycles. The predicted molar refractivity (Wildman–Crippen MR) is 151 cm³/mol. The summed E-state index contributed by atoms with van der Waals surface area (Å²) in [6.07, 6.45) is 3.78. The summed E-state index contributed by atoms with van der Waals surface area (Å²) in [4.78, 5) is 22.5. The van der Waals surface area contributed by atoms with Crippen LogP contribution in [0.5, 0.6) is 0 Å². The van der Waals surface area contributed by atoms with Crippen LogP contribution in [0.25, 0.3) is 11.1 Å². The lowest BCUT2D eigenvalue weighted by Crippen LogP contribution is -2.54. The number of piperazine rings is 1. The number of nitrogens with zero attached hydrogens (tertiary/aromatic N) is 3. The smallest absolute Gasteiger partial charge is 0.251 e. The molecule has 1 aromatic heterocycles. The van der Waals surface area contributed by atoms with E-state index in [1.807, 2.05) is 37.4 Å². The lowest BCUT2D eigenvalue weighted by Gasteiger charge is -2.37. The molecule has 0 spiro atoms. The summed E-state index contributed by atoms with van der Waals surface area (Å²) in [6.45, 7) is 11.1. The zero-order valence-corrected chi connectivity index (χ0v) is 22.6. The molecule has 1 amide bonds. The van der Waals surface area contributed by atoms with Crippen LogP contribution >= 0.6 is 0 Å². The number of hydrogen-bond donors (Lipinski definition) is 2. The van der Waals surface area contributed by atoms with Crippen molar-refractivity contribution in [2.24, 2.45) is 0 Å². The molecule has 200 valence electrons. The Hall–Kier alpha value is -3.29. The molecule has 2 atom stereocenters. The lowest BCUT2D eigenvalue weighted by atomic mass is 10.00. The number of likely N-dealkylation sites (tertiary alicyclic amines) is 1. The van der Waals surface area contributed by atoms with Gasteiger partial charge in [0.15, 0.2) is 0 Å². The Labute approximate surface area is 225 Å². The third-order valence-electron chi connectivity index (χ3n) is 7.61. The molecule has 2 aliphatic heterocycles. The van der Waals surface area contributed by atoms with E-state index < -0.39 is 0 Å². The molecular formula is C31H38FN5O. The summed E-state index contributed by atoms with van der Waals surface area (Å²) >= 11 is 0. The van der Waals surface area contributed by atoms with Gasteiger partial charge in [0.2, 0.25) is 0 Å². The highest BCUT2D eigenvalue weighted by atomic mass is 19.1. The number of aromatic nitrogens is 1. The Balaban J connectivity index is 1.12. The molecule has 2 N–H and O–H groups in total. The standard InChI is InChI=1S/C31H38FN5O/c1-21-4-7-25(8-5-21)28-16-26(9-10-29(28)32)31(38)35-27-12-14-36(15-13-27)20-24-6-11-30(33-17-24)37-18-22(2)34-23(3)19-37/h4-11,16-17,22-23,27,34H,12-15,18-20H2,1-3H3,(H,35,38). The summed E-state index contributed by atoms with van der Waals surface area (Å²) in [5, 5.41) is 6.73. The Kier molecular flexibility index (Phi) is 8.05. The number of carbonyl (C=O) groups excluding carboxylic acids is 1. The van der Waals surface area contributed by atoms with Gasteiger partial charge >= 0.3 is 0 Å². The molecule has 0 radical (unpaired) electrons. The zero-order valence-electron chi connectivity index (χ0n) is 22.6. The summed E-state index contributed by atoms with van der Waals surface area (Å²) in [5.74, 6) is 0.577. The van der Waals surface area contributed by atoms with Gasteiger partial charge in [-0.25, -0.2) is 9.37 Å². The number of amides is 1. The molecule has 2 unspecified atom stereocenters. The molecule has 3 aromatic rings. The highest BCUT2D eigenvalue weighted by Crippen LogP contribution is 2.25. The molecule has 5 rings (SSSR count). The lowest BCUT2D eigenvalue weighted by molar-refractivity contribution is 0.0909. The quantitative estimate of drug-likeness (QED) is 0.495. The van der Waals surface area contributed by atoms with Crippen molar-refractivity contribution >= 4 is 11.7 Å². The monoisotopic (exact) mass is 515 g/mol. The maximum Gasteiger partial charge on any atom is 0.251 e. The number of benzene rings is 2. The van der Waals surface area contributed by atoms with Gasteiger partial charge < -0.3 is 15.5 Å². The van der Waals surface area contributed by atoms with E-state index in [1.165, 1.54) is 11.6 Å². The molecule has 2 fully saturated rings. The zero-order chi connectivity index (χ0) is 26.6. The van der Waals surface area contributed by atoms with E-state index in [0.29, 0.717) is 23.2 Å². The number of nitrogens with one attached hydrogen (secondary N) is 2. The van der Waals surface area contributed by atoms with E-state index in [-0.39, 0.29) is 17.8 Å². The van der Waals surface area contributed by atoms with Gasteiger partial charge in [-0.2, -0.15) is 0 Å². The van der Waals surface area contributed by atoms with Gasteiger partial charge in [-0.1, -0.05) is 35.9 Å². The predicted octanol–water partition coefficient (Wildman–Crippen LogP) is 4.78. The number of halogens is 1. The number of carbonyl (C=O) groups is 1. The Morgan fingerprint density at radius 2 is 1.74 bits per heavy atom. The number of pyridine rings is 1. The first-order chi connectivity index (χ1) is 18.3. The topological polar surface area (TPSA) is 60.5 Å². The summed E-state index contributed by atoms with van der Waals surface area (Å²) in [6, 6.07) is 17.6. The van der Waals surface area contributed by atoms with Crippen LogP contribution in [0.2, 0.25) is 0 Å². The second-order valence-corrected chi connectivity index (χ2v) is 11.0. The van der Waals surface area contributed by atoms with Crippen LogP contribution in [0.3, 0.4) is 0 Å². The summed E-state index contributed by atoms with van der Waals surface area (Å²) < 4.78 is 14.5. The molecule has 0 aliphatic carbocycles. The van der Waals surface area contributed by atoms with Crippen molar-refractivity contribution in [3.05, 3.63) is 83.3 Å². The van der Waals surface area contributed by atoms with Crippen molar-refractivity contribution in [1.29, 1.82) is 0 Å². The van der Waals surface area contributed by atoms with Crippen LogP contribution in [0.1, 0.15) is 48.2 Å². The van der Waals surface area contributed by atoms with Crippen LogP contribution in [0.15, 0.2) is 60.8 Å². The van der Waals surface area contributed by atoms with Crippen molar-refractivity contribution in [2.75, 3.05) is 31.1 Å². The first kappa shape index (κ1) is 26.3. The second kappa shape index (κ2) is 11.6. The summed E-state index contributed by atoms with van der Waals surface area (Å²) in [5.41, 5.74) is 4.04. The number of aryl methyl sites for hydroxylation is 1. The number of piperidine rings is 1. The largest absolute Gasteiger partial charge is 0.354 e. The maximum atomic E-state index is 14.5. The minimum Gasteiger partial charge on any atom is -0.354 e. The van der Waals surface area contributed by atoms with E-state index in [4.69, 9.17) is 4.98 Å². The van der Waals surface area contributed by atoms with Gasteiger partial charge in [0, 0.05) is 68.2 Å². The van der Waals surface area contributed by atoms with E-state index in [1.54, 1.807) is 12.1 Å². The first-order valence-corrected chi connectivity index (χ1v) is 13.7. The van der Waals surface area contributed by atoms with Crippen molar-refractivity contribution < 1.29 is 9.18 Å². The normalized spacial score (nSPS) is 20.9. The molecule has 2 aromatic carbocycles. The van der Waals surface area contributed by atoms with E-state index in [0.717, 1.165) is 62.5 Å². The minimum absolute atomic E-state index is 0.115. The van der Waals surface area contributed by atoms with E-state index in [9.17, 15) is 9.18 Å². The number of hydrogen-bond acceptors (Lipinski definition) is 5. The summed E-state index contributed by atoms with van der Waals surface area (Å²) in [7, 11) is 0. The van der Waals surface area contributed by atoms with Gasteiger partial charge in [0.1, 0.15) is 11.6 Å². The van der Waals surface area contributed by atoms with Gasteiger partial charge in [0.25, 0.3) is 5.91 Å². The maximum absolute atomic E-state index is 14.5. The van der Waals surface area contributed by atoms with Crippen molar-refractivity contribution in [2.45, 2.75) is 58.3 Å². The fourth-order valence-electron chi connectivity index (χ4n) is 5.59. The average Bonchev–Trinajstić information content (AvgIpc) is 2.90. The fourth-order valence-corrected chi connectivity index (χ4v) is 5.59. The Morgan fingerprint density at radius 1 is 1.03 bits per heavy atom. The van der Waals surface area contributed by atoms with E-state index >= 15 is 0 Å². The molecule has 0 saturated carbocycles. The third kappa shape index (κ3) is 6.40. The van der Waals surface area contributed by atoms with Crippen molar-refractivity contribution in [1.82, 2.24) is 20.5 Å². The highest BCUT2D eigenvalue weighted by Gasteiger charge is 2.23. The number of rotatable bonds is 6. The van der Waals surface area contributed by atoms with Crippen LogP contribution in [0, 0.1) is 12.7 Å². The molecular weight excluding hydrogens is 477 g/mol. The SMILES string of the molecule is Cc1ccc(-c2cc(C(=O)NC3CCN(Cc4ccc(N5CC(C)NC(C)C5)nc4)CC3)ccc2F)cc1. The molecule has 0 bridgehead atoms. The Morgan fingerprint density at radius 3 is 2.39 bits per heavy atom. The Bertz CT molecular complexity index is 1230. The van der Waals surface area contributed by atoms with Crippen molar-refractivity contribution in [3.63, 3.8) is 0 Å². The van der Waals surface area contributed by atoms with Gasteiger partial charge in [-0.15, -0.1) is 0 Å².